The third-order valence-electron chi connectivity index (χ3n) is 6.14. The molecule has 0 amide bonds. The fourth-order valence-electron chi connectivity index (χ4n) is 4.35. The lowest BCUT2D eigenvalue weighted by Gasteiger charge is -2.24. The SMILES string of the molecule is CCn1c(CO)nn(-c2cc3c(C(C)(C)C)cn(-c4ccccc4C)c(=O)c3cc2C)c1=O. The van der Waals surface area contributed by atoms with Crippen LogP contribution in [0.25, 0.3) is 22.1 Å². The number of benzene rings is 2. The second-order valence-electron chi connectivity index (χ2n) is 9.45. The summed E-state index contributed by atoms with van der Waals surface area (Å²) in [5, 5.41) is 15.4. The van der Waals surface area contributed by atoms with Gasteiger partial charge in [-0.1, -0.05) is 39.0 Å². The summed E-state index contributed by atoms with van der Waals surface area (Å²) < 4.78 is 4.49. The minimum absolute atomic E-state index is 0.107. The summed E-state index contributed by atoms with van der Waals surface area (Å²) in [4.78, 5) is 26.6. The Balaban J connectivity index is 2.09. The van der Waals surface area contributed by atoms with Gasteiger partial charge in [-0.2, -0.15) is 4.68 Å². The monoisotopic (exact) mass is 446 g/mol. The Morgan fingerprint density at radius 3 is 2.24 bits per heavy atom. The van der Waals surface area contributed by atoms with Crippen molar-refractivity contribution < 1.29 is 5.11 Å². The van der Waals surface area contributed by atoms with Gasteiger partial charge in [-0.05, 0) is 66.5 Å². The Labute approximate surface area is 192 Å². The zero-order valence-electron chi connectivity index (χ0n) is 20.0. The number of hydrogen-bond donors (Lipinski definition) is 1. The Bertz CT molecular complexity index is 1480. The second-order valence-corrected chi connectivity index (χ2v) is 9.45. The Hall–Kier alpha value is -3.45. The number of aliphatic hydroxyl groups is 1. The molecule has 0 radical (unpaired) electrons. The number of aliphatic hydroxyl groups excluding tert-OH is 1. The van der Waals surface area contributed by atoms with E-state index in [-0.39, 0.29) is 23.3 Å². The molecule has 0 saturated carbocycles. The molecule has 0 atom stereocenters. The van der Waals surface area contributed by atoms with E-state index in [1.54, 1.807) is 4.57 Å². The molecule has 0 aliphatic heterocycles. The summed E-state index contributed by atoms with van der Waals surface area (Å²) in [5.74, 6) is 0.313. The number of nitrogens with zero attached hydrogens (tertiary/aromatic N) is 4. The molecule has 33 heavy (non-hydrogen) atoms. The Kier molecular flexibility index (Phi) is 5.62. The number of fused-ring (bicyclic) bond motifs is 1. The molecule has 4 aromatic rings. The molecule has 0 spiro atoms. The van der Waals surface area contributed by atoms with Gasteiger partial charge in [0.2, 0.25) is 0 Å². The van der Waals surface area contributed by atoms with Crippen molar-refractivity contribution in [3.63, 3.8) is 0 Å². The van der Waals surface area contributed by atoms with Gasteiger partial charge in [0.05, 0.1) is 11.4 Å². The van der Waals surface area contributed by atoms with Gasteiger partial charge in [0.25, 0.3) is 5.56 Å². The average Bonchev–Trinajstić information content (AvgIpc) is 3.09. The zero-order chi connectivity index (χ0) is 24.1. The van der Waals surface area contributed by atoms with Crippen LogP contribution in [0.15, 0.2) is 52.2 Å². The van der Waals surface area contributed by atoms with E-state index in [9.17, 15) is 14.7 Å². The topological polar surface area (TPSA) is 82.0 Å². The standard InChI is InChI=1S/C26H30N4O3/c1-7-28-23(15-31)27-30(25(28)33)22-13-18-19(12-17(22)3)24(32)29(14-20(18)26(4,5)6)21-11-9-8-10-16(21)2/h8-14,31H,7,15H2,1-6H3. The van der Waals surface area contributed by atoms with Crippen LogP contribution in [-0.4, -0.2) is 24.0 Å². The van der Waals surface area contributed by atoms with Gasteiger partial charge in [-0.25, -0.2) is 4.79 Å². The van der Waals surface area contributed by atoms with Crippen molar-refractivity contribution in [2.45, 2.75) is 60.1 Å². The molecule has 7 nitrogen and oxygen atoms in total. The summed E-state index contributed by atoms with van der Waals surface area (Å²) in [5.41, 5.74) is 3.54. The highest BCUT2D eigenvalue weighted by molar-refractivity contribution is 5.89. The predicted octanol–water partition coefficient (Wildman–Crippen LogP) is 3.76. The Morgan fingerprint density at radius 1 is 0.970 bits per heavy atom. The van der Waals surface area contributed by atoms with E-state index in [2.05, 4.69) is 25.9 Å². The Morgan fingerprint density at radius 2 is 1.67 bits per heavy atom. The third-order valence-corrected chi connectivity index (χ3v) is 6.14. The molecule has 172 valence electrons. The molecule has 2 aromatic carbocycles. The number of aromatic nitrogens is 4. The van der Waals surface area contributed by atoms with Crippen molar-refractivity contribution in [1.82, 2.24) is 18.9 Å². The van der Waals surface area contributed by atoms with Crippen molar-refractivity contribution in [2.24, 2.45) is 0 Å². The van der Waals surface area contributed by atoms with Crippen LogP contribution in [0, 0.1) is 13.8 Å². The number of pyridine rings is 1. The first kappa shape index (κ1) is 22.7. The van der Waals surface area contributed by atoms with E-state index in [0.717, 1.165) is 27.8 Å². The van der Waals surface area contributed by atoms with E-state index in [1.807, 2.05) is 63.4 Å². The number of hydrogen-bond acceptors (Lipinski definition) is 4. The lowest BCUT2D eigenvalue weighted by atomic mass is 9.84. The third kappa shape index (κ3) is 3.72. The van der Waals surface area contributed by atoms with Crippen LogP contribution in [-0.2, 0) is 18.6 Å². The zero-order valence-corrected chi connectivity index (χ0v) is 20.0. The van der Waals surface area contributed by atoms with Crippen molar-refractivity contribution in [3.05, 3.63) is 85.9 Å². The highest BCUT2D eigenvalue weighted by atomic mass is 16.3. The molecule has 2 aromatic heterocycles. The smallest absolute Gasteiger partial charge is 0.350 e. The van der Waals surface area contributed by atoms with Gasteiger partial charge in [0, 0.05) is 18.1 Å². The van der Waals surface area contributed by atoms with Crippen molar-refractivity contribution >= 4 is 10.8 Å². The normalized spacial score (nSPS) is 12.0. The molecule has 0 fully saturated rings. The maximum absolute atomic E-state index is 13.6. The number of aryl methyl sites for hydroxylation is 2. The summed E-state index contributed by atoms with van der Waals surface area (Å²) in [6.45, 7) is 12.1. The van der Waals surface area contributed by atoms with Crippen molar-refractivity contribution in [3.8, 4) is 11.4 Å². The first-order valence-electron chi connectivity index (χ1n) is 11.1. The van der Waals surface area contributed by atoms with Crippen LogP contribution in [0.2, 0.25) is 0 Å². The molecular formula is C26H30N4O3. The van der Waals surface area contributed by atoms with Crippen LogP contribution < -0.4 is 11.2 Å². The van der Waals surface area contributed by atoms with Crippen molar-refractivity contribution in [1.29, 1.82) is 0 Å². The molecule has 1 N–H and O–H groups in total. The summed E-state index contributed by atoms with van der Waals surface area (Å²) in [6.07, 6.45) is 1.92. The highest BCUT2D eigenvalue weighted by Crippen LogP contribution is 2.32. The largest absolute Gasteiger partial charge is 0.388 e. The summed E-state index contributed by atoms with van der Waals surface area (Å²) >= 11 is 0. The number of rotatable bonds is 4. The molecular weight excluding hydrogens is 416 g/mol. The predicted molar refractivity (Wildman–Crippen MR) is 131 cm³/mol. The summed E-state index contributed by atoms with van der Waals surface area (Å²) in [6, 6.07) is 11.5. The number of para-hydroxylation sites is 1. The fourth-order valence-corrected chi connectivity index (χ4v) is 4.35. The lowest BCUT2D eigenvalue weighted by Crippen LogP contribution is -2.26. The average molecular weight is 447 g/mol. The van der Waals surface area contributed by atoms with E-state index in [0.29, 0.717) is 23.4 Å². The highest BCUT2D eigenvalue weighted by Gasteiger charge is 2.23. The van der Waals surface area contributed by atoms with Crippen LogP contribution in [0.3, 0.4) is 0 Å². The van der Waals surface area contributed by atoms with Gasteiger partial charge in [-0.15, -0.1) is 5.10 Å². The van der Waals surface area contributed by atoms with Crippen LogP contribution in [0.1, 0.15) is 50.2 Å². The molecule has 7 heteroatoms. The molecule has 0 aliphatic carbocycles. The van der Waals surface area contributed by atoms with Gasteiger partial charge < -0.3 is 5.11 Å². The fraction of sp³-hybridized carbons (Fsp3) is 0.346. The molecule has 0 saturated heterocycles. The minimum Gasteiger partial charge on any atom is -0.388 e. The van der Waals surface area contributed by atoms with Gasteiger partial charge in [0.1, 0.15) is 6.61 Å². The molecule has 0 aliphatic rings. The van der Waals surface area contributed by atoms with E-state index >= 15 is 0 Å². The minimum atomic E-state index is -0.322. The molecule has 0 bridgehead atoms. The maximum Gasteiger partial charge on any atom is 0.350 e. The van der Waals surface area contributed by atoms with Gasteiger partial charge >= 0.3 is 5.69 Å². The molecule has 4 rings (SSSR count). The molecule has 0 unspecified atom stereocenters. The van der Waals surface area contributed by atoms with E-state index < -0.39 is 0 Å². The van der Waals surface area contributed by atoms with Crippen LogP contribution in [0.5, 0.6) is 0 Å². The van der Waals surface area contributed by atoms with E-state index in [4.69, 9.17) is 0 Å². The first-order valence-corrected chi connectivity index (χ1v) is 11.1. The summed E-state index contributed by atoms with van der Waals surface area (Å²) in [7, 11) is 0. The molecule has 2 heterocycles. The first-order chi connectivity index (χ1) is 15.6. The van der Waals surface area contributed by atoms with Crippen molar-refractivity contribution in [2.75, 3.05) is 0 Å². The van der Waals surface area contributed by atoms with Gasteiger partial charge in [-0.3, -0.25) is 13.9 Å². The van der Waals surface area contributed by atoms with Crippen LogP contribution in [0.4, 0.5) is 0 Å². The quantitative estimate of drug-likeness (QED) is 0.517. The van der Waals surface area contributed by atoms with Crippen LogP contribution >= 0.6 is 0 Å². The van der Waals surface area contributed by atoms with Gasteiger partial charge in [0.15, 0.2) is 5.82 Å². The second kappa shape index (κ2) is 8.15. The van der Waals surface area contributed by atoms with E-state index in [1.165, 1.54) is 9.25 Å². The lowest BCUT2D eigenvalue weighted by molar-refractivity contribution is 0.264. The maximum atomic E-state index is 13.6.